The Labute approximate surface area is 148 Å². The van der Waals surface area contributed by atoms with Gasteiger partial charge in [-0.2, -0.15) is 5.10 Å². The number of carbonyl (C=O) groups is 1. The molecule has 1 saturated heterocycles. The van der Waals surface area contributed by atoms with Gasteiger partial charge in [0.1, 0.15) is 0 Å². The zero-order chi connectivity index (χ0) is 17.8. The molecule has 0 saturated carbocycles. The van der Waals surface area contributed by atoms with E-state index in [1.165, 1.54) is 0 Å². The number of aliphatic hydroxyl groups excluding tert-OH is 1. The molecule has 2 amide bonds. The van der Waals surface area contributed by atoms with E-state index in [4.69, 9.17) is 0 Å². The summed E-state index contributed by atoms with van der Waals surface area (Å²) in [5, 5.41) is 17.6. The lowest BCUT2D eigenvalue weighted by Gasteiger charge is -2.28. The van der Waals surface area contributed by atoms with Crippen molar-refractivity contribution in [1.29, 1.82) is 0 Å². The van der Waals surface area contributed by atoms with Crippen LogP contribution in [0.5, 0.6) is 0 Å². The van der Waals surface area contributed by atoms with E-state index in [-0.39, 0.29) is 18.1 Å². The van der Waals surface area contributed by atoms with Gasteiger partial charge in [-0.15, -0.1) is 0 Å². The predicted octanol–water partition coefficient (Wildman–Crippen LogP) is 2.78. The van der Waals surface area contributed by atoms with E-state index in [9.17, 15) is 9.90 Å². The fraction of sp³-hybridized carbons (Fsp3) is 0.474. The fourth-order valence-electron chi connectivity index (χ4n) is 3.45. The zero-order valence-electron chi connectivity index (χ0n) is 14.8. The SMILES string of the molecule is C[C@H](NC(=O)N1CCCC1CC(O)c1cnn(C)c1)c1ccccc1. The van der Waals surface area contributed by atoms with Gasteiger partial charge in [0.05, 0.1) is 18.3 Å². The van der Waals surface area contributed by atoms with E-state index in [0.717, 1.165) is 30.5 Å². The van der Waals surface area contributed by atoms with Crippen molar-refractivity contribution in [2.45, 2.75) is 44.4 Å². The molecule has 2 aromatic rings. The number of carbonyl (C=O) groups excluding carboxylic acids is 1. The molecular formula is C19H26N4O2. The molecule has 134 valence electrons. The molecule has 1 fully saturated rings. The number of rotatable bonds is 5. The van der Waals surface area contributed by atoms with Crippen molar-refractivity contribution < 1.29 is 9.90 Å². The molecular weight excluding hydrogens is 316 g/mol. The van der Waals surface area contributed by atoms with Gasteiger partial charge in [0, 0.05) is 31.4 Å². The number of nitrogens with zero attached hydrogens (tertiary/aromatic N) is 3. The van der Waals surface area contributed by atoms with Crippen molar-refractivity contribution in [2.24, 2.45) is 7.05 Å². The highest BCUT2D eigenvalue weighted by molar-refractivity contribution is 5.75. The minimum absolute atomic E-state index is 0.0433. The van der Waals surface area contributed by atoms with Crippen molar-refractivity contribution in [1.82, 2.24) is 20.0 Å². The van der Waals surface area contributed by atoms with Crippen LogP contribution in [0, 0.1) is 0 Å². The van der Waals surface area contributed by atoms with E-state index in [1.807, 2.05) is 55.4 Å². The number of urea groups is 1. The summed E-state index contributed by atoms with van der Waals surface area (Å²) in [4.78, 5) is 14.5. The molecule has 1 aromatic carbocycles. The van der Waals surface area contributed by atoms with Crippen LogP contribution in [0.25, 0.3) is 0 Å². The Morgan fingerprint density at radius 1 is 1.36 bits per heavy atom. The lowest BCUT2D eigenvalue weighted by Crippen LogP contribution is -2.44. The lowest BCUT2D eigenvalue weighted by atomic mass is 10.0. The highest BCUT2D eigenvalue weighted by Gasteiger charge is 2.31. The minimum atomic E-state index is -0.598. The Morgan fingerprint density at radius 2 is 2.12 bits per heavy atom. The Balaban J connectivity index is 1.59. The number of aliphatic hydroxyl groups is 1. The Bertz CT molecular complexity index is 700. The van der Waals surface area contributed by atoms with Crippen LogP contribution in [0.4, 0.5) is 4.79 Å². The molecule has 2 N–H and O–H groups in total. The molecule has 1 aromatic heterocycles. The normalized spacial score (nSPS) is 19.6. The summed E-state index contributed by atoms with van der Waals surface area (Å²) in [5.74, 6) is 0. The van der Waals surface area contributed by atoms with E-state index in [2.05, 4.69) is 10.4 Å². The molecule has 3 rings (SSSR count). The van der Waals surface area contributed by atoms with Crippen molar-refractivity contribution >= 4 is 6.03 Å². The van der Waals surface area contributed by atoms with Crippen LogP contribution in [0.1, 0.15) is 49.5 Å². The molecule has 3 atom stereocenters. The van der Waals surface area contributed by atoms with E-state index in [1.54, 1.807) is 10.9 Å². The van der Waals surface area contributed by atoms with Crippen molar-refractivity contribution in [3.8, 4) is 0 Å². The summed E-state index contributed by atoms with van der Waals surface area (Å²) in [5.41, 5.74) is 1.88. The minimum Gasteiger partial charge on any atom is -0.388 e. The summed E-state index contributed by atoms with van der Waals surface area (Å²) in [6.45, 7) is 2.72. The third-order valence-corrected chi connectivity index (χ3v) is 4.88. The fourth-order valence-corrected chi connectivity index (χ4v) is 3.45. The van der Waals surface area contributed by atoms with Crippen LogP contribution in [0.3, 0.4) is 0 Å². The molecule has 1 aliphatic heterocycles. The third kappa shape index (κ3) is 4.20. The van der Waals surface area contributed by atoms with Crippen LogP contribution in [-0.2, 0) is 7.05 Å². The Hall–Kier alpha value is -2.34. The summed E-state index contributed by atoms with van der Waals surface area (Å²) in [6.07, 6.45) is 5.34. The number of amides is 2. The number of hydrogen-bond donors (Lipinski definition) is 2. The summed E-state index contributed by atoms with van der Waals surface area (Å²) >= 11 is 0. The smallest absolute Gasteiger partial charge is 0.318 e. The Kier molecular flexibility index (Phi) is 5.38. The molecule has 0 aliphatic carbocycles. The van der Waals surface area contributed by atoms with Crippen molar-refractivity contribution in [3.63, 3.8) is 0 Å². The highest BCUT2D eigenvalue weighted by Crippen LogP contribution is 2.27. The molecule has 0 bridgehead atoms. The first-order chi connectivity index (χ1) is 12.0. The van der Waals surface area contributed by atoms with Gasteiger partial charge in [-0.3, -0.25) is 4.68 Å². The van der Waals surface area contributed by atoms with Gasteiger partial charge in [-0.05, 0) is 31.7 Å². The molecule has 25 heavy (non-hydrogen) atoms. The molecule has 2 heterocycles. The number of nitrogens with one attached hydrogen (secondary N) is 1. The lowest BCUT2D eigenvalue weighted by molar-refractivity contribution is 0.125. The maximum Gasteiger partial charge on any atom is 0.318 e. The van der Waals surface area contributed by atoms with E-state index in [0.29, 0.717) is 6.42 Å². The van der Waals surface area contributed by atoms with Crippen LogP contribution < -0.4 is 5.32 Å². The van der Waals surface area contributed by atoms with Gasteiger partial charge < -0.3 is 15.3 Å². The first-order valence-corrected chi connectivity index (χ1v) is 8.83. The van der Waals surface area contributed by atoms with Crippen molar-refractivity contribution in [3.05, 3.63) is 53.9 Å². The molecule has 2 unspecified atom stereocenters. The van der Waals surface area contributed by atoms with Crippen molar-refractivity contribution in [2.75, 3.05) is 6.54 Å². The first kappa shape index (κ1) is 17.5. The van der Waals surface area contributed by atoms with Crippen LogP contribution in [0.2, 0.25) is 0 Å². The standard InChI is InChI=1S/C19H26N4O2/c1-14(15-7-4-3-5-8-15)21-19(25)23-10-6-9-17(23)11-18(24)16-12-20-22(2)13-16/h3-5,7-8,12-14,17-18,24H,6,9-11H2,1-2H3,(H,21,25)/t14-,17?,18?/m0/s1. The third-order valence-electron chi connectivity index (χ3n) is 4.88. The number of hydrogen-bond acceptors (Lipinski definition) is 3. The number of benzene rings is 1. The Morgan fingerprint density at radius 3 is 2.80 bits per heavy atom. The molecule has 0 spiro atoms. The molecule has 0 radical (unpaired) electrons. The van der Waals surface area contributed by atoms with Gasteiger partial charge in [-0.25, -0.2) is 4.79 Å². The second-order valence-corrected chi connectivity index (χ2v) is 6.77. The molecule has 6 nitrogen and oxygen atoms in total. The monoisotopic (exact) mass is 342 g/mol. The molecule has 6 heteroatoms. The first-order valence-electron chi connectivity index (χ1n) is 8.83. The molecule has 1 aliphatic rings. The average Bonchev–Trinajstić information content (AvgIpc) is 3.24. The summed E-state index contributed by atoms with van der Waals surface area (Å²) in [7, 11) is 1.83. The van der Waals surface area contributed by atoms with E-state index >= 15 is 0 Å². The quantitative estimate of drug-likeness (QED) is 0.878. The second kappa shape index (κ2) is 7.70. The predicted molar refractivity (Wildman–Crippen MR) is 95.9 cm³/mol. The van der Waals surface area contributed by atoms with Gasteiger partial charge in [0.2, 0.25) is 0 Å². The number of aromatic nitrogens is 2. The van der Waals surface area contributed by atoms with E-state index < -0.39 is 6.10 Å². The zero-order valence-corrected chi connectivity index (χ0v) is 14.8. The van der Waals surface area contributed by atoms with Crippen LogP contribution >= 0.6 is 0 Å². The maximum absolute atomic E-state index is 12.7. The average molecular weight is 342 g/mol. The topological polar surface area (TPSA) is 70.4 Å². The van der Waals surface area contributed by atoms with Crippen LogP contribution in [0.15, 0.2) is 42.7 Å². The van der Waals surface area contributed by atoms with Gasteiger partial charge in [-0.1, -0.05) is 30.3 Å². The van der Waals surface area contributed by atoms with Gasteiger partial charge in [0.25, 0.3) is 0 Å². The number of aryl methyl sites for hydroxylation is 1. The summed E-state index contributed by atoms with van der Waals surface area (Å²) < 4.78 is 1.68. The largest absolute Gasteiger partial charge is 0.388 e. The van der Waals surface area contributed by atoms with Gasteiger partial charge >= 0.3 is 6.03 Å². The number of likely N-dealkylation sites (tertiary alicyclic amines) is 1. The maximum atomic E-state index is 12.7. The highest BCUT2D eigenvalue weighted by atomic mass is 16.3. The van der Waals surface area contributed by atoms with Crippen LogP contribution in [-0.4, -0.2) is 38.4 Å². The summed E-state index contributed by atoms with van der Waals surface area (Å²) in [6, 6.07) is 9.89. The van der Waals surface area contributed by atoms with Gasteiger partial charge in [0.15, 0.2) is 0 Å². The second-order valence-electron chi connectivity index (χ2n) is 6.77.